The summed E-state index contributed by atoms with van der Waals surface area (Å²) in [6.07, 6.45) is 2.85. The second kappa shape index (κ2) is 6.04. The number of benzene rings is 1. The van der Waals surface area contributed by atoms with E-state index in [0.29, 0.717) is 19.3 Å². The molecule has 1 saturated heterocycles. The van der Waals surface area contributed by atoms with Crippen LogP contribution < -0.4 is 0 Å². The van der Waals surface area contributed by atoms with Crippen LogP contribution in [0.1, 0.15) is 30.2 Å². The Balaban J connectivity index is 1.95. The maximum atomic E-state index is 12.2. The lowest BCUT2D eigenvalue weighted by Crippen LogP contribution is -2.42. The Morgan fingerprint density at radius 3 is 2.43 bits per heavy atom. The van der Waals surface area contributed by atoms with E-state index in [1.54, 1.807) is 0 Å². The van der Waals surface area contributed by atoms with Crippen LogP contribution in [-0.2, 0) is 9.59 Å². The summed E-state index contributed by atoms with van der Waals surface area (Å²) in [4.78, 5) is 25.7. The maximum absolute atomic E-state index is 12.2. The molecule has 3 rings (SSSR count). The van der Waals surface area contributed by atoms with Crippen molar-refractivity contribution in [1.82, 2.24) is 24.5 Å². The number of rotatable bonds is 4. The molecule has 108 valence electrons. The molecule has 0 bridgehead atoms. The van der Waals surface area contributed by atoms with Crippen molar-refractivity contribution in [3.05, 3.63) is 42.2 Å². The predicted octanol–water partition coefficient (Wildman–Crippen LogP) is 1.41. The van der Waals surface area contributed by atoms with Crippen molar-refractivity contribution in [3.8, 4) is 0 Å². The fourth-order valence-electron chi connectivity index (χ4n) is 2.21. The van der Waals surface area contributed by atoms with Gasteiger partial charge in [-0.1, -0.05) is 30.3 Å². The average Bonchev–Trinajstić information content (AvgIpc) is 3.00. The van der Waals surface area contributed by atoms with E-state index in [-0.39, 0.29) is 11.8 Å². The van der Waals surface area contributed by atoms with E-state index in [9.17, 15) is 9.59 Å². The molecule has 1 aromatic heterocycles. The molecule has 1 aromatic carbocycles. The molecule has 0 N–H and O–H groups in total. The summed E-state index contributed by atoms with van der Waals surface area (Å²) in [6.45, 7) is 0. The summed E-state index contributed by atoms with van der Waals surface area (Å²) >= 11 is 1.23. The molecule has 2 heterocycles. The number of amides is 2. The summed E-state index contributed by atoms with van der Waals surface area (Å²) < 4.78 is 1.45. The zero-order valence-corrected chi connectivity index (χ0v) is 11.9. The Kier molecular flexibility index (Phi) is 3.96. The van der Waals surface area contributed by atoms with Gasteiger partial charge in [-0.25, -0.2) is 0 Å². The molecular formula is C13H13N5O2S. The molecule has 8 heteroatoms. The molecule has 0 saturated carbocycles. The molecule has 1 aliphatic heterocycles. The summed E-state index contributed by atoms with van der Waals surface area (Å²) in [5.41, 5.74) is 0.863. The lowest BCUT2D eigenvalue weighted by molar-refractivity contribution is -0.148. The lowest BCUT2D eigenvalue weighted by atomic mass is 10.1. The molecule has 1 unspecified atom stereocenters. The number of likely N-dealkylation sites (tertiary alicyclic amines) is 1. The predicted molar refractivity (Wildman–Crippen MR) is 75.7 cm³/mol. The normalized spacial score (nSPS) is 17.0. The molecule has 1 fully saturated rings. The number of carbonyl (C=O) groups is 2. The third-order valence-electron chi connectivity index (χ3n) is 3.18. The van der Waals surface area contributed by atoms with Crippen LogP contribution in [0.15, 0.2) is 36.7 Å². The zero-order valence-electron chi connectivity index (χ0n) is 11.1. The van der Waals surface area contributed by atoms with Gasteiger partial charge in [0.25, 0.3) is 0 Å². The first-order valence-corrected chi connectivity index (χ1v) is 7.39. The fraction of sp³-hybridized carbons (Fsp3) is 0.308. The van der Waals surface area contributed by atoms with Gasteiger partial charge in [0, 0.05) is 24.8 Å². The zero-order chi connectivity index (χ0) is 14.7. The average molecular weight is 303 g/mol. The largest absolute Gasteiger partial charge is 0.274 e. The van der Waals surface area contributed by atoms with Gasteiger partial charge in [-0.2, -0.15) is 4.09 Å². The monoisotopic (exact) mass is 303 g/mol. The number of hydrogen-bond acceptors (Lipinski definition) is 6. The standard InChI is InChI=1S/C13H13N5O2S/c19-11-7-4-8-12(20)18(11)13(10-5-2-1-3-6-10)21-17-9-14-15-16-17/h1-3,5-6,9,13H,4,7-8H2. The van der Waals surface area contributed by atoms with Gasteiger partial charge in [0.2, 0.25) is 11.8 Å². The molecular weight excluding hydrogens is 290 g/mol. The van der Waals surface area contributed by atoms with E-state index in [1.165, 1.54) is 27.3 Å². The number of piperidine rings is 1. The molecule has 0 spiro atoms. The van der Waals surface area contributed by atoms with Gasteiger partial charge in [-0.15, -0.1) is 5.10 Å². The quantitative estimate of drug-likeness (QED) is 0.794. The van der Waals surface area contributed by atoms with Crippen LogP contribution in [-0.4, -0.2) is 36.3 Å². The van der Waals surface area contributed by atoms with Crippen LogP contribution in [0.2, 0.25) is 0 Å². The molecule has 1 atom stereocenters. The second-order valence-corrected chi connectivity index (χ2v) is 5.62. The minimum absolute atomic E-state index is 0.152. The Hall–Kier alpha value is -2.22. The van der Waals surface area contributed by atoms with Gasteiger partial charge in [0.15, 0.2) is 6.33 Å². The highest BCUT2D eigenvalue weighted by atomic mass is 32.2. The molecule has 0 radical (unpaired) electrons. The molecule has 2 amide bonds. The number of aromatic nitrogens is 4. The van der Waals surface area contributed by atoms with Crippen molar-refractivity contribution in [2.24, 2.45) is 0 Å². The number of tetrazole rings is 1. The van der Waals surface area contributed by atoms with Gasteiger partial charge in [0.1, 0.15) is 5.37 Å². The van der Waals surface area contributed by atoms with Gasteiger partial charge in [0.05, 0.1) is 0 Å². The van der Waals surface area contributed by atoms with Crippen molar-refractivity contribution < 1.29 is 9.59 Å². The number of nitrogens with zero attached hydrogens (tertiary/aromatic N) is 5. The van der Waals surface area contributed by atoms with Crippen molar-refractivity contribution in [1.29, 1.82) is 0 Å². The van der Waals surface area contributed by atoms with Crippen LogP contribution in [0.4, 0.5) is 0 Å². The van der Waals surface area contributed by atoms with E-state index < -0.39 is 5.37 Å². The lowest BCUT2D eigenvalue weighted by Gasteiger charge is -2.32. The van der Waals surface area contributed by atoms with Gasteiger partial charge < -0.3 is 0 Å². The molecule has 0 aliphatic carbocycles. The summed E-state index contributed by atoms with van der Waals surface area (Å²) in [5.74, 6) is -0.304. The number of imide groups is 1. The first-order valence-electron chi connectivity index (χ1n) is 6.55. The number of hydrogen-bond donors (Lipinski definition) is 0. The van der Waals surface area contributed by atoms with Crippen LogP contribution in [0, 0.1) is 0 Å². The highest BCUT2D eigenvalue weighted by Gasteiger charge is 2.34. The first kappa shape index (κ1) is 13.7. The Morgan fingerprint density at radius 1 is 1.10 bits per heavy atom. The molecule has 21 heavy (non-hydrogen) atoms. The molecule has 7 nitrogen and oxygen atoms in total. The van der Waals surface area contributed by atoms with E-state index in [1.807, 2.05) is 30.3 Å². The number of carbonyl (C=O) groups excluding carboxylic acids is 2. The Bertz CT molecular complexity index is 615. The van der Waals surface area contributed by atoms with Crippen molar-refractivity contribution in [2.75, 3.05) is 0 Å². The van der Waals surface area contributed by atoms with Crippen LogP contribution in [0.5, 0.6) is 0 Å². The van der Waals surface area contributed by atoms with Crippen molar-refractivity contribution >= 4 is 23.8 Å². The van der Waals surface area contributed by atoms with Gasteiger partial charge in [-0.05, 0) is 22.4 Å². The van der Waals surface area contributed by atoms with E-state index in [2.05, 4.69) is 15.5 Å². The molecule has 2 aromatic rings. The minimum atomic E-state index is -0.463. The van der Waals surface area contributed by atoms with Gasteiger partial charge in [-0.3, -0.25) is 14.5 Å². The van der Waals surface area contributed by atoms with Crippen LogP contribution in [0.25, 0.3) is 0 Å². The summed E-state index contributed by atoms with van der Waals surface area (Å²) in [5, 5.41) is 10.5. The van der Waals surface area contributed by atoms with Crippen molar-refractivity contribution in [2.45, 2.75) is 24.6 Å². The van der Waals surface area contributed by atoms with Crippen LogP contribution >= 0.6 is 11.9 Å². The molecule has 1 aliphatic rings. The third kappa shape index (κ3) is 2.94. The van der Waals surface area contributed by atoms with Gasteiger partial charge >= 0.3 is 0 Å². The Labute approximate surface area is 125 Å². The first-order chi connectivity index (χ1) is 10.3. The third-order valence-corrected chi connectivity index (χ3v) is 4.24. The van der Waals surface area contributed by atoms with E-state index in [4.69, 9.17) is 0 Å². The summed E-state index contributed by atoms with van der Waals surface area (Å²) in [6, 6.07) is 9.42. The van der Waals surface area contributed by atoms with Crippen molar-refractivity contribution in [3.63, 3.8) is 0 Å². The second-order valence-electron chi connectivity index (χ2n) is 4.59. The minimum Gasteiger partial charge on any atom is -0.274 e. The van der Waals surface area contributed by atoms with Crippen LogP contribution in [0.3, 0.4) is 0 Å². The van der Waals surface area contributed by atoms with E-state index in [0.717, 1.165) is 5.56 Å². The highest BCUT2D eigenvalue weighted by Crippen LogP contribution is 2.35. The fourth-order valence-corrected chi connectivity index (χ4v) is 3.19. The maximum Gasteiger partial charge on any atom is 0.230 e. The van der Waals surface area contributed by atoms with E-state index >= 15 is 0 Å². The Morgan fingerprint density at radius 2 is 1.81 bits per heavy atom. The topological polar surface area (TPSA) is 81.0 Å². The SMILES string of the molecule is O=C1CCCC(=O)N1C(Sn1cnnn1)c1ccccc1. The highest BCUT2D eigenvalue weighted by molar-refractivity contribution is 7.97. The smallest absolute Gasteiger partial charge is 0.230 e. The summed E-state index contributed by atoms with van der Waals surface area (Å²) in [7, 11) is 0.